The topological polar surface area (TPSA) is 103 Å². The summed E-state index contributed by atoms with van der Waals surface area (Å²) in [6, 6.07) is 11.9. The maximum Gasteiger partial charge on any atom is 0.315 e. The lowest BCUT2D eigenvalue weighted by Crippen LogP contribution is -2.17. The van der Waals surface area contributed by atoms with Crippen LogP contribution in [0.2, 0.25) is 0 Å². The number of hydrogen-bond donors (Lipinski definition) is 2. The number of thioether (sulfide) groups is 1. The zero-order valence-corrected chi connectivity index (χ0v) is 17.8. The average Bonchev–Trinajstić information content (AvgIpc) is 2.75. The molecule has 0 aliphatic carbocycles. The van der Waals surface area contributed by atoms with E-state index >= 15 is 0 Å². The van der Waals surface area contributed by atoms with E-state index in [9.17, 15) is 14.4 Å². The molecule has 0 radical (unpaired) electrons. The van der Waals surface area contributed by atoms with Crippen molar-refractivity contribution in [1.29, 1.82) is 0 Å². The molecule has 0 spiro atoms. The Morgan fingerprint density at radius 1 is 0.900 bits per heavy atom. The van der Waals surface area contributed by atoms with Gasteiger partial charge in [0, 0.05) is 17.7 Å². The van der Waals surface area contributed by atoms with E-state index in [0.29, 0.717) is 35.0 Å². The highest BCUT2D eigenvalue weighted by Gasteiger charge is 2.16. The summed E-state index contributed by atoms with van der Waals surface area (Å²) >= 11 is 1.15. The Hall–Kier alpha value is -3.20. The monoisotopic (exact) mass is 432 g/mol. The van der Waals surface area contributed by atoms with Gasteiger partial charge in [0.25, 0.3) is 5.91 Å². The molecule has 0 saturated heterocycles. The molecular formula is C21H24N2O6S. The predicted molar refractivity (Wildman–Crippen MR) is 117 cm³/mol. The maximum atomic E-state index is 12.4. The van der Waals surface area contributed by atoms with Crippen LogP contribution >= 0.6 is 11.8 Å². The number of rotatable bonds is 10. The van der Waals surface area contributed by atoms with Gasteiger partial charge in [-0.05, 0) is 19.1 Å². The van der Waals surface area contributed by atoms with E-state index in [1.165, 1.54) is 14.2 Å². The number of carbonyl (C=O) groups is 3. The summed E-state index contributed by atoms with van der Waals surface area (Å²) in [4.78, 5) is 36.0. The van der Waals surface area contributed by atoms with Crippen molar-refractivity contribution in [3.8, 4) is 11.5 Å². The van der Waals surface area contributed by atoms with E-state index in [4.69, 9.17) is 14.2 Å². The number of ether oxygens (including phenoxy) is 3. The van der Waals surface area contributed by atoms with E-state index < -0.39 is 0 Å². The molecule has 0 atom stereocenters. The second-order valence-electron chi connectivity index (χ2n) is 5.92. The van der Waals surface area contributed by atoms with Crippen LogP contribution in [0, 0.1) is 0 Å². The molecule has 0 unspecified atom stereocenters. The van der Waals surface area contributed by atoms with Gasteiger partial charge in [-0.3, -0.25) is 14.4 Å². The molecule has 0 heterocycles. The number of anilines is 2. The summed E-state index contributed by atoms with van der Waals surface area (Å²) in [5, 5.41) is 5.50. The van der Waals surface area contributed by atoms with Crippen LogP contribution in [0.4, 0.5) is 11.4 Å². The van der Waals surface area contributed by atoms with Gasteiger partial charge in [-0.25, -0.2) is 0 Å². The lowest BCUT2D eigenvalue weighted by atomic mass is 10.2. The highest BCUT2D eigenvalue weighted by Crippen LogP contribution is 2.36. The molecule has 2 amide bonds. The molecule has 0 aromatic heterocycles. The lowest BCUT2D eigenvalue weighted by molar-refractivity contribution is -0.139. The fourth-order valence-corrected chi connectivity index (χ4v) is 3.10. The van der Waals surface area contributed by atoms with Gasteiger partial charge < -0.3 is 24.8 Å². The van der Waals surface area contributed by atoms with Gasteiger partial charge in [0.2, 0.25) is 5.91 Å². The number of methoxy groups -OCH3 is 2. The molecular weight excluding hydrogens is 408 g/mol. The fraction of sp³-hybridized carbons (Fsp3) is 0.286. The molecule has 9 heteroatoms. The second kappa shape index (κ2) is 11.7. The lowest BCUT2D eigenvalue weighted by Gasteiger charge is -2.16. The van der Waals surface area contributed by atoms with Gasteiger partial charge in [0.1, 0.15) is 11.5 Å². The number of amides is 2. The van der Waals surface area contributed by atoms with Crippen molar-refractivity contribution in [3.63, 3.8) is 0 Å². The minimum atomic E-state index is -0.368. The van der Waals surface area contributed by atoms with Gasteiger partial charge in [-0.1, -0.05) is 18.2 Å². The standard InChI is InChI=1S/C21H24N2O6S/c1-4-29-20(25)13-30-12-19(24)22-15-10-18(28-3)16(11-17(15)27-2)23-21(26)14-8-6-5-7-9-14/h5-11H,4,12-13H2,1-3H3,(H,22,24)(H,23,26). The van der Waals surface area contributed by atoms with Crippen molar-refractivity contribution < 1.29 is 28.6 Å². The first kappa shape index (κ1) is 23.1. The third-order valence-corrected chi connectivity index (χ3v) is 4.74. The van der Waals surface area contributed by atoms with Gasteiger partial charge in [0.15, 0.2) is 0 Å². The third-order valence-electron chi connectivity index (χ3n) is 3.84. The number of hydrogen-bond acceptors (Lipinski definition) is 7. The van der Waals surface area contributed by atoms with Crippen molar-refractivity contribution in [2.45, 2.75) is 6.92 Å². The zero-order valence-electron chi connectivity index (χ0n) is 17.0. The SMILES string of the molecule is CCOC(=O)CSCC(=O)Nc1cc(OC)c(NC(=O)c2ccccc2)cc1OC. The summed E-state index contributed by atoms with van der Waals surface area (Å²) in [6.07, 6.45) is 0. The van der Waals surface area contributed by atoms with E-state index in [2.05, 4.69) is 10.6 Å². The average molecular weight is 432 g/mol. The zero-order chi connectivity index (χ0) is 21.9. The molecule has 0 fully saturated rings. The molecule has 2 aromatic carbocycles. The number of benzene rings is 2. The summed E-state index contributed by atoms with van der Waals surface area (Å²) in [5.74, 6) is -0.123. The van der Waals surface area contributed by atoms with Crippen LogP contribution in [0.15, 0.2) is 42.5 Å². The predicted octanol–water partition coefficient (Wildman–Crippen LogP) is 3.19. The van der Waals surface area contributed by atoms with Crippen LogP contribution in [-0.2, 0) is 14.3 Å². The first-order valence-corrected chi connectivity index (χ1v) is 10.3. The van der Waals surface area contributed by atoms with Crippen LogP contribution < -0.4 is 20.1 Å². The molecule has 0 saturated carbocycles. The van der Waals surface area contributed by atoms with E-state index in [1.54, 1.807) is 43.3 Å². The second-order valence-corrected chi connectivity index (χ2v) is 6.90. The third kappa shape index (κ3) is 6.70. The molecule has 0 aliphatic heterocycles. The molecule has 2 N–H and O–H groups in total. The van der Waals surface area contributed by atoms with E-state index in [1.807, 2.05) is 6.07 Å². The van der Waals surface area contributed by atoms with Crippen LogP contribution in [0.5, 0.6) is 11.5 Å². The summed E-state index contributed by atoms with van der Waals surface area (Å²) in [7, 11) is 2.91. The maximum absolute atomic E-state index is 12.4. The van der Waals surface area contributed by atoms with Gasteiger partial charge in [-0.15, -0.1) is 11.8 Å². The van der Waals surface area contributed by atoms with Crippen molar-refractivity contribution in [2.24, 2.45) is 0 Å². The van der Waals surface area contributed by atoms with Crippen molar-refractivity contribution in [2.75, 3.05) is 43.0 Å². The molecule has 2 aromatic rings. The smallest absolute Gasteiger partial charge is 0.315 e. The van der Waals surface area contributed by atoms with E-state index in [-0.39, 0.29) is 29.3 Å². The quantitative estimate of drug-likeness (QED) is 0.556. The van der Waals surface area contributed by atoms with Crippen LogP contribution in [-0.4, -0.2) is 50.1 Å². The molecule has 160 valence electrons. The Morgan fingerprint density at radius 2 is 1.50 bits per heavy atom. The van der Waals surface area contributed by atoms with Gasteiger partial charge in [-0.2, -0.15) is 0 Å². The Bertz CT molecular complexity index is 889. The molecule has 2 rings (SSSR count). The number of esters is 1. The number of carbonyl (C=O) groups excluding carboxylic acids is 3. The Labute approximate surface area is 179 Å². The molecule has 8 nitrogen and oxygen atoms in total. The minimum absolute atomic E-state index is 0.0662. The summed E-state index contributed by atoms with van der Waals surface area (Å²) in [6.45, 7) is 2.02. The first-order chi connectivity index (χ1) is 14.5. The highest BCUT2D eigenvalue weighted by atomic mass is 32.2. The normalized spacial score (nSPS) is 10.1. The van der Waals surface area contributed by atoms with Gasteiger partial charge >= 0.3 is 5.97 Å². The van der Waals surface area contributed by atoms with Crippen molar-refractivity contribution >= 4 is 40.9 Å². The van der Waals surface area contributed by atoms with Crippen LogP contribution in [0.3, 0.4) is 0 Å². The first-order valence-electron chi connectivity index (χ1n) is 9.14. The largest absolute Gasteiger partial charge is 0.494 e. The Kier molecular flexibility index (Phi) is 9.02. The molecule has 0 bridgehead atoms. The number of nitrogens with one attached hydrogen (secondary N) is 2. The minimum Gasteiger partial charge on any atom is -0.494 e. The van der Waals surface area contributed by atoms with Crippen LogP contribution in [0.1, 0.15) is 17.3 Å². The molecule has 30 heavy (non-hydrogen) atoms. The summed E-state index contributed by atoms with van der Waals surface area (Å²) < 4.78 is 15.5. The van der Waals surface area contributed by atoms with Crippen LogP contribution in [0.25, 0.3) is 0 Å². The Balaban J connectivity index is 2.09. The van der Waals surface area contributed by atoms with Crippen molar-refractivity contribution in [3.05, 3.63) is 48.0 Å². The Morgan fingerprint density at radius 3 is 2.07 bits per heavy atom. The fourth-order valence-electron chi connectivity index (χ4n) is 2.49. The molecule has 0 aliphatic rings. The van der Waals surface area contributed by atoms with Gasteiger partial charge in [0.05, 0.1) is 43.7 Å². The van der Waals surface area contributed by atoms with Crippen molar-refractivity contribution in [1.82, 2.24) is 0 Å². The summed E-state index contributed by atoms with van der Waals surface area (Å²) in [5.41, 5.74) is 1.28. The highest BCUT2D eigenvalue weighted by molar-refractivity contribution is 8.00. The van der Waals surface area contributed by atoms with E-state index in [0.717, 1.165) is 11.8 Å².